The van der Waals surface area contributed by atoms with Gasteiger partial charge < -0.3 is 4.74 Å². The lowest BCUT2D eigenvalue weighted by atomic mass is 9.81. The highest BCUT2D eigenvalue weighted by Crippen LogP contribution is 2.34. The maximum atomic E-state index is 5.52. The summed E-state index contributed by atoms with van der Waals surface area (Å²) in [6.45, 7) is 7.82. The molecule has 21 heavy (non-hydrogen) atoms. The summed E-state index contributed by atoms with van der Waals surface area (Å²) in [5, 5.41) is 0. The quantitative estimate of drug-likeness (QED) is 0.575. The van der Waals surface area contributed by atoms with Crippen LogP contribution in [0, 0.1) is 0 Å². The molecule has 2 nitrogen and oxygen atoms in total. The number of rotatable bonds is 0. The van der Waals surface area contributed by atoms with Crippen molar-refractivity contribution in [3.05, 3.63) is 77.4 Å². The topological polar surface area (TPSA) is 12.2 Å². The van der Waals surface area contributed by atoms with Crippen molar-refractivity contribution in [2.75, 3.05) is 26.3 Å². The van der Waals surface area contributed by atoms with Crippen LogP contribution in [0.1, 0.15) is 22.3 Å². The van der Waals surface area contributed by atoms with Crippen molar-refractivity contribution in [3.63, 3.8) is 0 Å². The molecule has 0 unspecified atom stereocenters. The van der Waals surface area contributed by atoms with Gasteiger partial charge in [0.1, 0.15) is 13.2 Å². The normalized spacial score (nSPS) is 17.4. The Hall–Kier alpha value is -2.19. The van der Waals surface area contributed by atoms with Crippen molar-refractivity contribution in [1.82, 2.24) is 0 Å². The Morgan fingerprint density at radius 3 is 1.76 bits per heavy atom. The van der Waals surface area contributed by atoms with Crippen LogP contribution >= 0.6 is 0 Å². The third-order valence-corrected chi connectivity index (χ3v) is 4.34. The summed E-state index contributed by atoms with van der Waals surface area (Å²) in [5.74, 6) is 0. The van der Waals surface area contributed by atoms with E-state index in [0.717, 1.165) is 31.9 Å². The smallest absolute Gasteiger partial charge is 0.215 e. The molecule has 2 aromatic rings. The molecule has 0 radical (unpaired) electrons. The summed E-state index contributed by atoms with van der Waals surface area (Å²) in [6.07, 6.45) is 0. The van der Waals surface area contributed by atoms with Gasteiger partial charge in [-0.25, -0.2) is 4.58 Å². The summed E-state index contributed by atoms with van der Waals surface area (Å²) in [7, 11) is 0. The molecule has 2 aromatic carbocycles. The molecule has 0 atom stereocenters. The summed E-state index contributed by atoms with van der Waals surface area (Å²) < 4.78 is 7.97. The molecule has 0 spiro atoms. The highest BCUT2D eigenvalue weighted by atomic mass is 16.5. The van der Waals surface area contributed by atoms with Crippen molar-refractivity contribution in [3.8, 4) is 0 Å². The second kappa shape index (κ2) is 4.97. The predicted molar refractivity (Wildman–Crippen MR) is 85.0 cm³/mol. The first-order valence-electron chi connectivity index (χ1n) is 7.44. The lowest BCUT2D eigenvalue weighted by Gasteiger charge is -2.24. The molecule has 0 amide bonds. The first-order chi connectivity index (χ1) is 10.4. The van der Waals surface area contributed by atoms with Gasteiger partial charge in [0.2, 0.25) is 5.71 Å². The summed E-state index contributed by atoms with van der Waals surface area (Å²) in [4.78, 5) is 0. The molecule has 1 fully saturated rings. The second-order valence-corrected chi connectivity index (χ2v) is 5.52. The molecule has 1 aliphatic carbocycles. The number of benzene rings is 2. The molecule has 104 valence electrons. The lowest BCUT2D eigenvalue weighted by Crippen LogP contribution is -2.36. The van der Waals surface area contributed by atoms with Crippen molar-refractivity contribution in [2.45, 2.75) is 0 Å². The van der Waals surface area contributed by atoms with E-state index >= 15 is 0 Å². The molecule has 1 aliphatic heterocycles. The third kappa shape index (κ3) is 1.95. The fourth-order valence-electron chi connectivity index (χ4n) is 3.32. The zero-order valence-corrected chi connectivity index (χ0v) is 12.0. The van der Waals surface area contributed by atoms with Gasteiger partial charge in [0, 0.05) is 0 Å². The van der Waals surface area contributed by atoms with Crippen LogP contribution in [0.3, 0.4) is 0 Å². The monoisotopic (exact) mass is 276 g/mol. The second-order valence-electron chi connectivity index (χ2n) is 5.52. The van der Waals surface area contributed by atoms with Crippen LogP contribution in [0.15, 0.2) is 55.1 Å². The number of hydrogen-bond donors (Lipinski definition) is 0. The van der Waals surface area contributed by atoms with Gasteiger partial charge in [-0.15, -0.1) is 0 Å². The molecule has 0 saturated carbocycles. The van der Waals surface area contributed by atoms with Gasteiger partial charge in [-0.1, -0.05) is 43.0 Å². The van der Waals surface area contributed by atoms with Gasteiger partial charge in [-0.05, 0) is 28.8 Å². The molecule has 2 aliphatic rings. The van der Waals surface area contributed by atoms with Crippen molar-refractivity contribution in [1.29, 1.82) is 0 Å². The average Bonchev–Trinajstić information content (AvgIpc) is 2.56. The third-order valence-electron chi connectivity index (χ3n) is 4.34. The van der Waals surface area contributed by atoms with Crippen LogP contribution in [0.5, 0.6) is 0 Å². The van der Waals surface area contributed by atoms with E-state index in [0.29, 0.717) is 0 Å². The Balaban J connectivity index is 2.03. The molecule has 0 bridgehead atoms. The van der Waals surface area contributed by atoms with E-state index in [9.17, 15) is 0 Å². The van der Waals surface area contributed by atoms with Crippen molar-refractivity contribution in [2.24, 2.45) is 0 Å². The molecular weight excluding hydrogens is 258 g/mol. The maximum absolute atomic E-state index is 5.52. The van der Waals surface area contributed by atoms with Crippen LogP contribution in [-0.4, -0.2) is 36.6 Å². The van der Waals surface area contributed by atoms with E-state index in [-0.39, 0.29) is 0 Å². The van der Waals surface area contributed by atoms with E-state index in [4.69, 9.17) is 4.74 Å². The molecule has 0 aromatic heterocycles. The minimum Gasteiger partial charge on any atom is -0.368 e. The highest BCUT2D eigenvalue weighted by molar-refractivity contribution is 6.19. The van der Waals surface area contributed by atoms with Crippen molar-refractivity contribution < 1.29 is 9.31 Å². The fraction of sp³-hybridized carbons (Fsp3) is 0.211. The van der Waals surface area contributed by atoms with Gasteiger partial charge in [0.25, 0.3) is 0 Å². The van der Waals surface area contributed by atoms with E-state index in [1.807, 2.05) is 0 Å². The van der Waals surface area contributed by atoms with Crippen LogP contribution in [0.4, 0.5) is 0 Å². The van der Waals surface area contributed by atoms with E-state index in [2.05, 4.69) is 59.7 Å². The summed E-state index contributed by atoms with van der Waals surface area (Å²) >= 11 is 0. The van der Waals surface area contributed by atoms with Gasteiger partial charge >= 0.3 is 0 Å². The fourth-order valence-corrected chi connectivity index (χ4v) is 3.32. The predicted octanol–water partition coefficient (Wildman–Crippen LogP) is 2.94. The van der Waals surface area contributed by atoms with Crippen molar-refractivity contribution >= 4 is 11.3 Å². The molecule has 2 heteroatoms. The van der Waals surface area contributed by atoms with Gasteiger partial charge in [0.05, 0.1) is 11.1 Å². The van der Waals surface area contributed by atoms with E-state index < -0.39 is 0 Å². The van der Waals surface area contributed by atoms with Crippen LogP contribution < -0.4 is 0 Å². The number of ether oxygens (including phenoxy) is 1. The maximum Gasteiger partial charge on any atom is 0.215 e. The van der Waals surface area contributed by atoms with Gasteiger partial charge in [-0.3, -0.25) is 0 Å². The first kappa shape index (κ1) is 12.5. The Labute approximate surface area is 125 Å². The van der Waals surface area contributed by atoms with E-state index in [1.54, 1.807) is 0 Å². The first-order valence-corrected chi connectivity index (χ1v) is 7.44. The Morgan fingerprint density at radius 1 is 0.762 bits per heavy atom. The Morgan fingerprint density at radius 2 is 1.24 bits per heavy atom. The molecule has 1 heterocycles. The number of morpholine rings is 1. The van der Waals surface area contributed by atoms with Gasteiger partial charge in [0.15, 0.2) is 13.1 Å². The van der Waals surface area contributed by atoms with Crippen LogP contribution in [0.2, 0.25) is 0 Å². The molecule has 4 rings (SSSR count). The summed E-state index contributed by atoms with van der Waals surface area (Å²) in [6, 6.07) is 17.2. The minimum atomic E-state index is 0.800. The average molecular weight is 276 g/mol. The lowest BCUT2D eigenvalue weighted by molar-refractivity contribution is -0.548. The molecule has 1 saturated heterocycles. The summed E-state index contributed by atoms with van der Waals surface area (Å²) in [5.41, 5.74) is 7.54. The number of fused-ring (bicyclic) bond motifs is 2. The Kier molecular flexibility index (Phi) is 2.97. The van der Waals surface area contributed by atoms with Gasteiger partial charge in [-0.2, -0.15) is 0 Å². The molecule has 0 N–H and O–H groups in total. The zero-order chi connectivity index (χ0) is 14.2. The molecular formula is C19H18NO+. The van der Waals surface area contributed by atoms with Crippen LogP contribution in [0.25, 0.3) is 5.57 Å². The SMILES string of the molecule is C=C1c2ccccc2C(=[N+]2CCOCC2)c2ccccc21. The largest absolute Gasteiger partial charge is 0.368 e. The highest BCUT2D eigenvalue weighted by Gasteiger charge is 2.31. The zero-order valence-electron chi connectivity index (χ0n) is 12.0. The standard InChI is InChI=1S/C19H18NO/c1-14-15-6-2-4-8-17(15)19(20-10-12-21-13-11-20)18-9-5-3-7-16(14)18/h2-9H,1,10-13H2/q+1. The Bertz CT molecular complexity index is 698. The van der Waals surface area contributed by atoms with Crippen LogP contribution in [-0.2, 0) is 4.74 Å². The minimum absolute atomic E-state index is 0.800. The van der Waals surface area contributed by atoms with E-state index in [1.165, 1.54) is 28.0 Å². The number of nitrogens with zero attached hydrogens (tertiary/aromatic N) is 1. The number of hydrogen-bond acceptors (Lipinski definition) is 1.